The van der Waals surface area contributed by atoms with Crippen molar-refractivity contribution in [3.05, 3.63) is 17.8 Å². The summed E-state index contributed by atoms with van der Waals surface area (Å²) < 4.78 is 0. The number of nitrogen functional groups attached to an aromatic ring is 1. The zero-order valence-corrected chi connectivity index (χ0v) is 11.3. The van der Waals surface area contributed by atoms with Crippen LogP contribution in [0.1, 0.15) is 18.9 Å². The highest BCUT2D eigenvalue weighted by Gasteiger charge is 2.14. The number of rotatable bonds is 7. The first-order chi connectivity index (χ1) is 8.56. The van der Waals surface area contributed by atoms with Crippen molar-refractivity contribution in [3.8, 4) is 0 Å². The average molecular weight is 250 g/mol. The smallest absolute Gasteiger partial charge is 0.162 e. The van der Waals surface area contributed by atoms with Gasteiger partial charge in [-0.05, 0) is 26.6 Å². The molecule has 1 aromatic heterocycles. The highest BCUT2D eigenvalue weighted by atomic mass is 15.3. The van der Waals surface area contributed by atoms with E-state index in [1.165, 1.54) is 0 Å². The lowest BCUT2D eigenvalue weighted by Crippen LogP contribution is -2.34. The van der Waals surface area contributed by atoms with Crippen molar-refractivity contribution in [2.75, 3.05) is 38.6 Å². The molecule has 0 saturated carbocycles. The normalized spacial score (nSPS) is 10.7. The SMILES string of the molecule is CCCN(CCN(C)C)c1nnccc1C(=N)N. The lowest BCUT2D eigenvalue weighted by Gasteiger charge is -2.25. The number of nitrogens with one attached hydrogen (secondary N) is 1. The molecule has 0 amide bonds. The summed E-state index contributed by atoms with van der Waals surface area (Å²) in [6, 6.07) is 1.74. The fourth-order valence-corrected chi connectivity index (χ4v) is 1.68. The first-order valence-corrected chi connectivity index (χ1v) is 6.12. The van der Waals surface area contributed by atoms with Crippen LogP contribution in [0, 0.1) is 5.41 Å². The first kappa shape index (κ1) is 14.4. The fraction of sp³-hybridized carbons (Fsp3) is 0.583. The molecule has 0 saturated heterocycles. The van der Waals surface area contributed by atoms with Crippen molar-refractivity contribution < 1.29 is 0 Å². The Bertz CT molecular complexity index is 390. The molecule has 0 spiro atoms. The molecular weight excluding hydrogens is 228 g/mol. The Balaban J connectivity index is 2.93. The third kappa shape index (κ3) is 3.96. The molecule has 3 N–H and O–H groups in total. The van der Waals surface area contributed by atoms with Crippen LogP contribution in [-0.2, 0) is 0 Å². The van der Waals surface area contributed by atoms with E-state index in [9.17, 15) is 0 Å². The van der Waals surface area contributed by atoms with Gasteiger partial charge in [-0.2, -0.15) is 5.10 Å². The minimum absolute atomic E-state index is 0.0332. The van der Waals surface area contributed by atoms with Gasteiger partial charge in [0.25, 0.3) is 0 Å². The van der Waals surface area contributed by atoms with Crippen LogP contribution in [-0.4, -0.2) is 54.7 Å². The summed E-state index contributed by atoms with van der Waals surface area (Å²) >= 11 is 0. The maximum absolute atomic E-state index is 7.59. The third-order valence-corrected chi connectivity index (χ3v) is 2.60. The quantitative estimate of drug-likeness (QED) is 0.545. The Morgan fingerprint density at radius 3 is 2.61 bits per heavy atom. The van der Waals surface area contributed by atoms with E-state index in [1.807, 2.05) is 14.1 Å². The molecule has 0 fully saturated rings. The lowest BCUT2D eigenvalue weighted by molar-refractivity contribution is 0.412. The molecule has 1 heterocycles. The summed E-state index contributed by atoms with van der Waals surface area (Å²) in [5.74, 6) is 0.736. The van der Waals surface area contributed by atoms with Crippen LogP contribution in [0.2, 0.25) is 0 Å². The monoisotopic (exact) mass is 250 g/mol. The number of nitrogens with zero attached hydrogens (tertiary/aromatic N) is 4. The summed E-state index contributed by atoms with van der Waals surface area (Å²) in [7, 11) is 4.07. The van der Waals surface area contributed by atoms with E-state index >= 15 is 0 Å². The molecule has 0 aliphatic rings. The van der Waals surface area contributed by atoms with Crippen molar-refractivity contribution in [1.29, 1.82) is 5.41 Å². The largest absolute Gasteiger partial charge is 0.384 e. The second-order valence-corrected chi connectivity index (χ2v) is 4.47. The van der Waals surface area contributed by atoms with Crippen LogP contribution in [0.4, 0.5) is 5.82 Å². The zero-order valence-electron chi connectivity index (χ0n) is 11.3. The number of amidine groups is 1. The standard InChI is InChI=1S/C12H22N6/c1-4-7-18(9-8-17(2)3)12-10(11(13)14)5-6-15-16-12/h5-6H,4,7-9H2,1-3H3,(H3,13,14). The van der Waals surface area contributed by atoms with Gasteiger partial charge in [0.1, 0.15) is 5.84 Å². The van der Waals surface area contributed by atoms with E-state index in [1.54, 1.807) is 12.3 Å². The second kappa shape index (κ2) is 6.90. The van der Waals surface area contributed by atoms with Gasteiger partial charge >= 0.3 is 0 Å². The third-order valence-electron chi connectivity index (χ3n) is 2.60. The average Bonchev–Trinajstić information content (AvgIpc) is 2.34. The van der Waals surface area contributed by atoms with Crippen LogP contribution in [0.5, 0.6) is 0 Å². The van der Waals surface area contributed by atoms with Crippen molar-refractivity contribution in [1.82, 2.24) is 15.1 Å². The Kier molecular flexibility index (Phi) is 5.51. The molecule has 6 nitrogen and oxygen atoms in total. The van der Waals surface area contributed by atoms with Gasteiger partial charge in [-0.1, -0.05) is 6.92 Å². The highest BCUT2D eigenvalue weighted by Crippen LogP contribution is 2.15. The minimum Gasteiger partial charge on any atom is -0.384 e. The predicted molar refractivity (Wildman–Crippen MR) is 74.1 cm³/mol. The van der Waals surface area contributed by atoms with Crippen molar-refractivity contribution in [3.63, 3.8) is 0 Å². The summed E-state index contributed by atoms with van der Waals surface area (Å²) in [6.07, 6.45) is 2.58. The Hall–Kier alpha value is -1.69. The molecule has 6 heteroatoms. The van der Waals surface area contributed by atoms with E-state index in [0.717, 1.165) is 26.1 Å². The van der Waals surface area contributed by atoms with E-state index in [-0.39, 0.29) is 5.84 Å². The van der Waals surface area contributed by atoms with Crippen LogP contribution in [0.3, 0.4) is 0 Å². The Morgan fingerprint density at radius 2 is 2.06 bits per heavy atom. The maximum atomic E-state index is 7.59. The Morgan fingerprint density at radius 1 is 1.33 bits per heavy atom. The molecule has 0 aliphatic heterocycles. The van der Waals surface area contributed by atoms with Gasteiger partial charge in [-0.25, -0.2) is 0 Å². The highest BCUT2D eigenvalue weighted by molar-refractivity contribution is 5.99. The molecule has 0 radical (unpaired) electrons. The zero-order chi connectivity index (χ0) is 13.5. The summed E-state index contributed by atoms with van der Waals surface area (Å²) in [5, 5.41) is 15.6. The van der Waals surface area contributed by atoms with Crippen molar-refractivity contribution >= 4 is 11.7 Å². The van der Waals surface area contributed by atoms with Gasteiger partial charge in [0.05, 0.1) is 11.8 Å². The molecular formula is C12H22N6. The molecule has 0 atom stereocenters. The van der Waals surface area contributed by atoms with Crippen LogP contribution in [0.25, 0.3) is 0 Å². The van der Waals surface area contributed by atoms with Crippen LogP contribution >= 0.6 is 0 Å². The van der Waals surface area contributed by atoms with E-state index < -0.39 is 0 Å². The Labute approximate surface area is 108 Å². The molecule has 100 valence electrons. The van der Waals surface area contributed by atoms with Crippen molar-refractivity contribution in [2.24, 2.45) is 5.73 Å². The summed E-state index contributed by atoms with van der Waals surface area (Å²) in [5.41, 5.74) is 6.23. The van der Waals surface area contributed by atoms with Crippen LogP contribution in [0.15, 0.2) is 12.3 Å². The number of likely N-dealkylation sites (N-methyl/N-ethyl adjacent to an activating group) is 1. The van der Waals surface area contributed by atoms with E-state index in [4.69, 9.17) is 11.1 Å². The van der Waals surface area contributed by atoms with Crippen LogP contribution < -0.4 is 10.6 Å². The molecule has 18 heavy (non-hydrogen) atoms. The number of anilines is 1. The van der Waals surface area contributed by atoms with Gasteiger partial charge in [0, 0.05) is 19.6 Å². The molecule has 0 aromatic carbocycles. The lowest BCUT2D eigenvalue weighted by atomic mass is 10.2. The minimum atomic E-state index is 0.0332. The van der Waals surface area contributed by atoms with E-state index in [0.29, 0.717) is 11.4 Å². The molecule has 0 unspecified atom stereocenters. The second-order valence-electron chi connectivity index (χ2n) is 4.47. The van der Waals surface area contributed by atoms with Gasteiger partial charge in [0.15, 0.2) is 5.82 Å². The molecule has 1 rings (SSSR count). The number of hydrogen-bond donors (Lipinski definition) is 2. The van der Waals surface area contributed by atoms with Gasteiger partial charge in [0.2, 0.25) is 0 Å². The molecule has 0 aliphatic carbocycles. The number of aromatic nitrogens is 2. The van der Waals surface area contributed by atoms with E-state index in [2.05, 4.69) is 26.9 Å². The maximum Gasteiger partial charge on any atom is 0.162 e. The van der Waals surface area contributed by atoms with Gasteiger partial charge in [-0.3, -0.25) is 5.41 Å². The van der Waals surface area contributed by atoms with Gasteiger partial charge < -0.3 is 15.5 Å². The molecule has 1 aromatic rings. The predicted octanol–water partition coefficient (Wildman–Crippen LogP) is 0.539. The van der Waals surface area contributed by atoms with Crippen molar-refractivity contribution in [2.45, 2.75) is 13.3 Å². The number of nitrogens with two attached hydrogens (primary N) is 1. The topological polar surface area (TPSA) is 82.1 Å². The molecule has 0 bridgehead atoms. The summed E-state index contributed by atoms with van der Waals surface area (Å²) in [4.78, 5) is 4.25. The van der Waals surface area contributed by atoms with Gasteiger partial charge in [-0.15, -0.1) is 5.10 Å². The summed E-state index contributed by atoms with van der Waals surface area (Å²) in [6.45, 7) is 4.77. The first-order valence-electron chi connectivity index (χ1n) is 6.12. The fourth-order valence-electron chi connectivity index (χ4n) is 1.68. The number of hydrogen-bond acceptors (Lipinski definition) is 5.